The van der Waals surface area contributed by atoms with Gasteiger partial charge >= 0.3 is 0 Å². The molecule has 0 aliphatic rings. The molecule has 0 bridgehead atoms. The Labute approximate surface area is 173 Å². The Morgan fingerprint density at radius 3 is 2.29 bits per heavy atom. The van der Waals surface area contributed by atoms with Crippen LogP contribution in [0.2, 0.25) is 0 Å². The second-order valence-electron chi connectivity index (χ2n) is 6.20. The number of sulfonamides is 1. The monoisotopic (exact) mass is 470 g/mol. The summed E-state index contributed by atoms with van der Waals surface area (Å²) in [6.45, 7) is 1.85. The number of halogens is 1. The van der Waals surface area contributed by atoms with E-state index in [0.717, 1.165) is 20.6 Å². The zero-order valence-corrected chi connectivity index (χ0v) is 18.7. The first-order chi connectivity index (χ1) is 13.1. The summed E-state index contributed by atoms with van der Waals surface area (Å²) >= 11 is 3.41. The van der Waals surface area contributed by atoms with Crippen molar-refractivity contribution in [2.75, 3.05) is 31.8 Å². The van der Waals surface area contributed by atoms with Crippen LogP contribution in [0.5, 0.6) is 11.5 Å². The molecule has 0 radical (unpaired) electrons. The summed E-state index contributed by atoms with van der Waals surface area (Å²) in [7, 11) is 0.678. The molecule has 152 valence electrons. The van der Waals surface area contributed by atoms with Gasteiger partial charge in [0, 0.05) is 17.6 Å². The Morgan fingerprint density at radius 1 is 1.14 bits per heavy atom. The van der Waals surface area contributed by atoms with Gasteiger partial charge in [-0.25, -0.2) is 8.42 Å². The Morgan fingerprint density at radius 2 is 1.75 bits per heavy atom. The lowest BCUT2D eigenvalue weighted by Gasteiger charge is -2.23. The molecule has 1 N–H and O–H groups in total. The van der Waals surface area contributed by atoms with E-state index in [1.54, 1.807) is 0 Å². The van der Waals surface area contributed by atoms with Gasteiger partial charge in [-0.15, -0.1) is 0 Å². The molecule has 0 saturated heterocycles. The van der Waals surface area contributed by atoms with Gasteiger partial charge in [0.15, 0.2) is 11.5 Å². The number of carbonyl (C=O) groups is 1. The van der Waals surface area contributed by atoms with Crippen molar-refractivity contribution in [3.05, 3.63) is 52.0 Å². The number of anilines is 1. The molecule has 0 spiro atoms. The Kier molecular flexibility index (Phi) is 6.95. The first-order valence-corrected chi connectivity index (χ1v) is 11.0. The van der Waals surface area contributed by atoms with Crippen molar-refractivity contribution in [3.63, 3.8) is 0 Å². The second kappa shape index (κ2) is 8.83. The van der Waals surface area contributed by atoms with Crippen molar-refractivity contribution in [3.8, 4) is 11.5 Å². The summed E-state index contributed by atoms with van der Waals surface area (Å²) in [6.07, 6.45) is 1.06. The van der Waals surface area contributed by atoms with Crippen LogP contribution >= 0.6 is 15.9 Å². The second-order valence-corrected chi connectivity index (χ2v) is 9.13. The van der Waals surface area contributed by atoms with Crippen molar-refractivity contribution >= 4 is 37.5 Å². The van der Waals surface area contributed by atoms with Crippen LogP contribution in [0.15, 0.2) is 40.9 Å². The highest BCUT2D eigenvalue weighted by molar-refractivity contribution is 9.10. The molecular formula is C19H23BrN2O5S. The predicted octanol–water partition coefficient (Wildman–Crippen LogP) is 3.35. The molecule has 9 heteroatoms. The number of nitrogens with zero attached hydrogens (tertiary/aromatic N) is 1. The smallest absolute Gasteiger partial charge is 0.254 e. The Bertz CT molecular complexity index is 978. The first-order valence-electron chi connectivity index (χ1n) is 8.34. The van der Waals surface area contributed by atoms with Gasteiger partial charge in [-0.2, -0.15) is 0 Å². The van der Waals surface area contributed by atoms with Gasteiger partial charge < -0.3 is 14.8 Å². The topological polar surface area (TPSA) is 84.9 Å². The standard InChI is InChI=1S/C19H23BrN2O5S/c1-12(13-7-6-8-14(20)9-13)21-19(23)15-10-17(26-3)18(27-4)11-16(15)22(2)28(5,24)25/h6-12H,1-5H3,(H,21,23). The fourth-order valence-corrected chi connectivity index (χ4v) is 3.55. The molecule has 2 rings (SSSR count). The van der Waals surface area contributed by atoms with Crippen LogP contribution in [0.3, 0.4) is 0 Å². The van der Waals surface area contributed by atoms with E-state index in [4.69, 9.17) is 9.47 Å². The van der Waals surface area contributed by atoms with E-state index in [2.05, 4.69) is 21.2 Å². The number of nitrogens with one attached hydrogen (secondary N) is 1. The average molecular weight is 471 g/mol. The third kappa shape index (κ3) is 4.96. The van der Waals surface area contributed by atoms with Gasteiger partial charge in [-0.05, 0) is 30.7 Å². The largest absolute Gasteiger partial charge is 0.493 e. The highest BCUT2D eigenvalue weighted by Crippen LogP contribution is 2.36. The Balaban J connectivity index is 2.48. The lowest BCUT2D eigenvalue weighted by molar-refractivity contribution is 0.0940. The van der Waals surface area contributed by atoms with Crippen molar-refractivity contribution in [1.82, 2.24) is 5.32 Å². The van der Waals surface area contributed by atoms with Crippen LogP contribution in [-0.4, -0.2) is 41.8 Å². The van der Waals surface area contributed by atoms with Crippen molar-refractivity contribution in [1.29, 1.82) is 0 Å². The maximum absolute atomic E-state index is 13.0. The summed E-state index contributed by atoms with van der Waals surface area (Å²) < 4.78 is 36.6. The highest BCUT2D eigenvalue weighted by Gasteiger charge is 2.24. The molecule has 0 fully saturated rings. The fourth-order valence-electron chi connectivity index (χ4n) is 2.62. The van der Waals surface area contributed by atoms with Gasteiger partial charge in [0.1, 0.15) is 0 Å². The van der Waals surface area contributed by atoms with Gasteiger partial charge in [0.2, 0.25) is 10.0 Å². The van der Waals surface area contributed by atoms with E-state index in [0.29, 0.717) is 11.5 Å². The molecule has 1 atom stereocenters. The van der Waals surface area contributed by atoms with E-state index in [9.17, 15) is 13.2 Å². The van der Waals surface area contributed by atoms with Gasteiger partial charge in [-0.3, -0.25) is 9.10 Å². The molecule has 28 heavy (non-hydrogen) atoms. The number of carbonyl (C=O) groups excluding carboxylic acids is 1. The summed E-state index contributed by atoms with van der Waals surface area (Å²) in [5, 5.41) is 2.90. The summed E-state index contributed by atoms with van der Waals surface area (Å²) in [5.74, 6) is 0.219. The number of rotatable bonds is 7. The van der Waals surface area contributed by atoms with Crippen LogP contribution in [0.1, 0.15) is 28.9 Å². The number of amides is 1. The minimum atomic E-state index is -3.59. The molecule has 0 aromatic heterocycles. The van der Waals surface area contributed by atoms with Crippen LogP contribution in [0.25, 0.3) is 0 Å². The van der Waals surface area contributed by atoms with E-state index in [1.807, 2.05) is 31.2 Å². The molecule has 2 aromatic rings. The van der Waals surface area contributed by atoms with Crippen molar-refractivity contribution in [2.24, 2.45) is 0 Å². The summed E-state index contributed by atoms with van der Waals surface area (Å²) in [6, 6.07) is 10.2. The third-order valence-corrected chi connectivity index (χ3v) is 5.96. The first kappa shape index (κ1) is 22.0. The molecular weight excluding hydrogens is 448 g/mol. The van der Waals surface area contributed by atoms with Gasteiger partial charge in [-0.1, -0.05) is 28.1 Å². The lowest BCUT2D eigenvalue weighted by atomic mass is 10.1. The number of hydrogen-bond acceptors (Lipinski definition) is 5. The maximum Gasteiger partial charge on any atom is 0.254 e. The molecule has 2 aromatic carbocycles. The minimum Gasteiger partial charge on any atom is -0.493 e. The van der Waals surface area contributed by atoms with Gasteiger partial charge in [0.05, 0.1) is 37.8 Å². The fraction of sp³-hybridized carbons (Fsp3) is 0.316. The molecule has 1 amide bonds. The molecule has 0 aliphatic carbocycles. The number of ether oxygens (including phenoxy) is 2. The summed E-state index contributed by atoms with van der Waals surface area (Å²) in [5.41, 5.74) is 1.26. The van der Waals surface area contributed by atoms with E-state index in [1.165, 1.54) is 33.4 Å². The minimum absolute atomic E-state index is 0.160. The van der Waals surface area contributed by atoms with E-state index < -0.39 is 15.9 Å². The van der Waals surface area contributed by atoms with Gasteiger partial charge in [0.25, 0.3) is 5.91 Å². The maximum atomic E-state index is 13.0. The number of methoxy groups -OCH3 is 2. The predicted molar refractivity (Wildman–Crippen MR) is 113 cm³/mol. The SMILES string of the molecule is COc1cc(C(=O)NC(C)c2cccc(Br)c2)c(N(C)S(C)(=O)=O)cc1OC. The van der Waals surface area contributed by atoms with Crippen LogP contribution < -0.4 is 19.1 Å². The highest BCUT2D eigenvalue weighted by atomic mass is 79.9. The molecule has 0 heterocycles. The number of hydrogen-bond donors (Lipinski definition) is 1. The molecule has 7 nitrogen and oxygen atoms in total. The Hall–Kier alpha value is -2.26. The van der Waals surface area contributed by atoms with E-state index in [-0.39, 0.29) is 17.3 Å². The molecule has 0 aliphatic heterocycles. The number of benzene rings is 2. The third-order valence-electron chi connectivity index (χ3n) is 4.28. The van der Waals surface area contributed by atoms with Crippen LogP contribution in [0.4, 0.5) is 5.69 Å². The van der Waals surface area contributed by atoms with Crippen LogP contribution in [-0.2, 0) is 10.0 Å². The zero-order valence-electron chi connectivity index (χ0n) is 16.3. The normalized spacial score (nSPS) is 12.2. The lowest BCUT2D eigenvalue weighted by Crippen LogP contribution is -2.31. The van der Waals surface area contributed by atoms with E-state index >= 15 is 0 Å². The molecule has 0 saturated carbocycles. The average Bonchev–Trinajstić information content (AvgIpc) is 2.65. The van der Waals surface area contributed by atoms with Crippen LogP contribution in [0, 0.1) is 0 Å². The quantitative estimate of drug-likeness (QED) is 0.670. The van der Waals surface area contributed by atoms with Crippen molar-refractivity contribution < 1.29 is 22.7 Å². The van der Waals surface area contributed by atoms with Crippen molar-refractivity contribution in [2.45, 2.75) is 13.0 Å². The molecule has 1 unspecified atom stereocenters. The zero-order chi connectivity index (χ0) is 21.1. The summed E-state index contributed by atoms with van der Waals surface area (Å²) in [4.78, 5) is 13.0.